The van der Waals surface area contributed by atoms with Gasteiger partial charge >= 0.3 is 5.69 Å². The number of aromatic nitrogens is 3. The van der Waals surface area contributed by atoms with Gasteiger partial charge in [-0.1, -0.05) is 36.4 Å². The van der Waals surface area contributed by atoms with Crippen molar-refractivity contribution in [3.63, 3.8) is 0 Å². The van der Waals surface area contributed by atoms with Gasteiger partial charge in [0.2, 0.25) is 5.69 Å². The van der Waals surface area contributed by atoms with Crippen LogP contribution in [-0.2, 0) is 6.54 Å². The molecule has 1 heterocycles. The lowest BCUT2D eigenvalue weighted by Gasteiger charge is -2.19. The number of hydrogen-bond acceptors (Lipinski definition) is 4. The van der Waals surface area contributed by atoms with Crippen LogP contribution in [0.2, 0.25) is 0 Å². The summed E-state index contributed by atoms with van der Waals surface area (Å²) in [5, 5.41) is 4.20. The summed E-state index contributed by atoms with van der Waals surface area (Å²) in [5.74, 6) is -0.482. The van der Waals surface area contributed by atoms with Crippen molar-refractivity contribution in [3.8, 4) is 5.69 Å². The summed E-state index contributed by atoms with van der Waals surface area (Å²) in [6.45, 7) is 8.45. The maximum Gasteiger partial charge on any atom is 0.352 e. The highest BCUT2D eigenvalue weighted by Gasteiger charge is 2.23. The fourth-order valence-electron chi connectivity index (χ4n) is 3.33. The summed E-state index contributed by atoms with van der Waals surface area (Å²) < 4.78 is 2.23. The highest BCUT2D eigenvalue weighted by molar-refractivity contribution is 5.91. The zero-order chi connectivity index (χ0) is 21.8. The second kappa shape index (κ2) is 8.90. The Balaban J connectivity index is 2.27. The van der Waals surface area contributed by atoms with Crippen LogP contribution in [0.4, 0.5) is 0 Å². The molecule has 7 nitrogen and oxygen atoms in total. The van der Waals surface area contributed by atoms with Crippen LogP contribution in [0, 0.1) is 13.8 Å². The topological polar surface area (TPSA) is 77.2 Å². The van der Waals surface area contributed by atoms with Crippen molar-refractivity contribution in [1.82, 2.24) is 19.2 Å². The predicted octanol–water partition coefficient (Wildman–Crippen LogP) is 2.54. The quantitative estimate of drug-likeness (QED) is 0.630. The van der Waals surface area contributed by atoms with Gasteiger partial charge in [0.05, 0.1) is 12.2 Å². The molecule has 30 heavy (non-hydrogen) atoms. The largest absolute Gasteiger partial charge is 0.352 e. The van der Waals surface area contributed by atoms with Gasteiger partial charge in [-0.05, 0) is 56.5 Å². The molecule has 0 aliphatic carbocycles. The van der Waals surface area contributed by atoms with Crippen molar-refractivity contribution in [2.24, 2.45) is 0 Å². The standard InChI is InChI=1S/C23H26N4O3/c1-5-25(6-2)21(28)20-22(29)26(15-18-12-8-7-11-17(18)4)23(30)27(24-20)19-13-9-10-16(3)14-19/h7-14H,5-6,15H2,1-4H3. The Hall–Kier alpha value is -3.48. The number of amides is 1. The molecule has 0 N–H and O–H groups in total. The number of rotatable bonds is 6. The molecular formula is C23H26N4O3. The monoisotopic (exact) mass is 406 g/mol. The number of hydrogen-bond donors (Lipinski definition) is 0. The molecular weight excluding hydrogens is 380 g/mol. The number of nitrogens with zero attached hydrogens (tertiary/aromatic N) is 4. The number of aryl methyl sites for hydroxylation is 2. The molecule has 7 heteroatoms. The molecule has 0 saturated carbocycles. The van der Waals surface area contributed by atoms with E-state index in [1.807, 2.05) is 64.1 Å². The van der Waals surface area contributed by atoms with Crippen molar-refractivity contribution < 1.29 is 4.79 Å². The SMILES string of the molecule is CCN(CC)C(=O)c1nn(-c2cccc(C)c2)c(=O)n(Cc2ccccc2C)c1=O. The summed E-state index contributed by atoms with van der Waals surface area (Å²) in [6.07, 6.45) is 0. The van der Waals surface area contributed by atoms with E-state index in [1.165, 1.54) is 4.90 Å². The highest BCUT2D eigenvalue weighted by Crippen LogP contribution is 2.10. The number of carbonyl (C=O) groups is 1. The summed E-state index contributed by atoms with van der Waals surface area (Å²) in [6, 6.07) is 14.8. The minimum Gasteiger partial charge on any atom is -0.338 e. The molecule has 0 spiro atoms. The van der Waals surface area contributed by atoms with Gasteiger partial charge < -0.3 is 4.90 Å². The lowest BCUT2D eigenvalue weighted by atomic mass is 10.1. The van der Waals surface area contributed by atoms with Gasteiger partial charge in [-0.3, -0.25) is 14.2 Å². The molecule has 3 rings (SSSR count). The van der Waals surface area contributed by atoms with Gasteiger partial charge in [0.15, 0.2) is 0 Å². The average Bonchev–Trinajstić information content (AvgIpc) is 2.73. The van der Waals surface area contributed by atoms with Gasteiger partial charge in [-0.2, -0.15) is 9.78 Å². The Morgan fingerprint density at radius 2 is 1.70 bits per heavy atom. The van der Waals surface area contributed by atoms with Gasteiger partial charge in [-0.15, -0.1) is 0 Å². The molecule has 1 aromatic heterocycles. The lowest BCUT2D eigenvalue weighted by molar-refractivity contribution is 0.0761. The van der Waals surface area contributed by atoms with E-state index < -0.39 is 17.2 Å². The second-order valence-corrected chi connectivity index (χ2v) is 7.18. The Kier molecular flexibility index (Phi) is 6.30. The lowest BCUT2D eigenvalue weighted by Crippen LogP contribution is -2.46. The summed E-state index contributed by atoms with van der Waals surface area (Å²) >= 11 is 0. The smallest absolute Gasteiger partial charge is 0.338 e. The molecule has 0 atom stereocenters. The third kappa shape index (κ3) is 4.10. The molecule has 0 aliphatic rings. The predicted molar refractivity (Wildman–Crippen MR) is 116 cm³/mol. The van der Waals surface area contributed by atoms with Crippen molar-refractivity contribution in [2.75, 3.05) is 13.1 Å². The van der Waals surface area contributed by atoms with Gasteiger partial charge in [0, 0.05) is 13.1 Å². The molecule has 0 unspecified atom stereocenters. The highest BCUT2D eigenvalue weighted by atomic mass is 16.2. The maximum absolute atomic E-state index is 13.2. The van der Waals surface area contributed by atoms with E-state index in [0.717, 1.165) is 25.9 Å². The van der Waals surface area contributed by atoms with Gasteiger partial charge in [0.1, 0.15) is 0 Å². The van der Waals surface area contributed by atoms with Crippen molar-refractivity contribution >= 4 is 5.91 Å². The molecule has 0 radical (unpaired) electrons. The average molecular weight is 406 g/mol. The van der Waals surface area contributed by atoms with Crippen molar-refractivity contribution in [3.05, 3.63) is 91.8 Å². The van der Waals surface area contributed by atoms with Crippen molar-refractivity contribution in [1.29, 1.82) is 0 Å². The van der Waals surface area contributed by atoms with E-state index in [1.54, 1.807) is 12.1 Å². The zero-order valence-electron chi connectivity index (χ0n) is 17.8. The van der Waals surface area contributed by atoms with Crippen LogP contribution in [0.3, 0.4) is 0 Å². The molecule has 0 saturated heterocycles. The van der Waals surface area contributed by atoms with E-state index in [2.05, 4.69) is 5.10 Å². The van der Waals surface area contributed by atoms with Crippen LogP contribution in [-0.4, -0.2) is 38.2 Å². The molecule has 0 fully saturated rings. The molecule has 3 aromatic rings. The van der Waals surface area contributed by atoms with E-state index in [0.29, 0.717) is 18.8 Å². The van der Waals surface area contributed by atoms with Crippen LogP contribution in [0.15, 0.2) is 58.1 Å². The molecule has 0 bridgehead atoms. The van der Waals surface area contributed by atoms with Crippen molar-refractivity contribution in [2.45, 2.75) is 34.2 Å². The first-order valence-electron chi connectivity index (χ1n) is 10.0. The normalized spacial score (nSPS) is 10.8. The van der Waals surface area contributed by atoms with Gasteiger partial charge in [-0.25, -0.2) is 4.79 Å². The minimum atomic E-state index is -0.677. The molecule has 2 aromatic carbocycles. The fourth-order valence-corrected chi connectivity index (χ4v) is 3.33. The first-order valence-corrected chi connectivity index (χ1v) is 10.0. The van der Waals surface area contributed by atoms with E-state index >= 15 is 0 Å². The molecule has 0 aliphatic heterocycles. The van der Waals surface area contributed by atoms with Crippen LogP contribution in [0.5, 0.6) is 0 Å². The summed E-state index contributed by atoms with van der Waals surface area (Å²) in [4.78, 5) is 40.9. The van der Waals surface area contributed by atoms with Crippen LogP contribution in [0.25, 0.3) is 5.69 Å². The Bertz CT molecular complexity index is 1190. The third-order valence-corrected chi connectivity index (χ3v) is 5.15. The van der Waals surface area contributed by atoms with E-state index in [-0.39, 0.29) is 12.2 Å². The minimum absolute atomic E-state index is 0.0667. The van der Waals surface area contributed by atoms with Gasteiger partial charge in [0.25, 0.3) is 11.5 Å². The Morgan fingerprint density at radius 1 is 1.00 bits per heavy atom. The molecule has 156 valence electrons. The third-order valence-electron chi connectivity index (χ3n) is 5.15. The zero-order valence-corrected chi connectivity index (χ0v) is 17.8. The van der Waals surface area contributed by atoms with E-state index in [4.69, 9.17) is 0 Å². The number of carbonyl (C=O) groups excluding carboxylic acids is 1. The number of benzene rings is 2. The summed E-state index contributed by atoms with van der Waals surface area (Å²) in [5.41, 5.74) is 1.73. The maximum atomic E-state index is 13.2. The van der Waals surface area contributed by atoms with Crippen LogP contribution < -0.4 is 11.2 Å². The first-order chi connectivity index (χ1) is 14.4. The second-order valence-electron chi connectivity index (χ2n) is 7.18. The first kappa shape index (κ1) is 21.2. The summed E-state index contributed by atoms with van der Waals surface area (Å²) in [7, 11) is 0. The molecule has 1 amide bonds. The Labute approximate surface area is 175 Å². The van der Waals surface area contributed by atoms with E-state index in [9.17, 15) is 14.4 Å². The van der Waals surface area contributed by atoms with Crippen LogP contribution in [0.1, 0.15) is 41.0 Å². The Morgan fingerprint density at radius 3 is 2.33 bits per heavy atom. The fraction of sp³-hybridized carbons (Fsp3) is 0.304. The van der Waals surface area contributed by atoms with Crippen LogP contribution >= 0.6 is 0 Å².